The standard InChI is InChI=1S/C13H23N3OS2/c1-2-11(12(14)18)15-4-6-16(7-5-15)13(17)10-3-8-19-9-10/h10-11H,2-9H2,1H3,(H2,14,18). The molecular formula is C13H23N3OS2. The van der Waals surface area contributed by atoms with E-state index in [4.69, 9.17) is 18.0 Å². The van der Waals surface area contributed by atoms with Crippen LogP contribution in [0.5, 0.6) is 0 Å². The maximum atomic E-state index is 12.3. The number of rotatable bonds is 4. The van der Waals surface area contributed by atoms with Gasteiger partial charge >= 0.3 is 0 Å². The first kappa shape index (κ1) is 15.1. The third kappa shape index (κ3) is 3.61. The quantitative estimate of drug-likeness (QED) is 0.784. The van der Waals surface area contributed by atoms with E-state index in [0.717, 1.165) is 50.5 Å². The summed E-state index contributed by atoms with van der Waals surface area (Å²) in [5, 5.41) is 0. The number of nitrogens with two attached hydrogens (primary N) is 1. The molecule has 1 amide bonds. The molecule has 2 atom stereocenters. The van der Waals surface area contributed by atoms with E-state index in [9.17, 15) is 4.79 Å². The third-order valence-corrected chi connectivity index (χ3v) is 5.50. The van der Waals surface area contributed by atoms with Crippen LogP contribution in [0.1, 0.15) is 19.8 Å². The van der Waals surface area contributed by atoms with Crippen molar-refractivity contribution in [3.63, 3.8) is 0 Å². The highest BCUT2D eigenvalue weighted by atomic mass is 32.2. The van der Waals surface area contributed by atoms with E-state index < -0.39 is 0 Å². The maximum absolute atomic E-state index is 12.3. The highest BCUT2D eigenvalue weighted by Crippen LogP contribution is 2.25. The van der Waals surface area contributed by atoms with Crippen LogP contribution in [0.3, 0.4) is 0 Å². The van der Waals surface area contributed by atoms with Gasteiger partial charge in [0.25, 0.3) is 0 Å². The predicted octanol–water partition coefficient (Wildman–Crippen LogP) is 0.948. The lowest BCUT2D eigenvalue weighted by molar-refractivity contribution is -0.136. The van der Waals surface area contributed by atoms with Gasteiger partial charge in [-0.05, 0) is 18.6 Å². The maximum Gasteiger partial charge on any atom is 0.226 e. The average molecular weight is 301 g/mol. The Morgan fingerprint density at radius 3 is 2.58 bits per heavy atom. The van der Waals surface area contributed by atoms with Crippen molar-refractivity contribution in [2.24, 2.45) is 11.7 Å². The molecule has 0 aromatic carbocycles. The minimum absolute atomic E-state index is 0.189. The SMILES string of the molecule is CCC(C(N)=S)N1CCN(C(=O)C2CCSC2)CC1. The molecule has 2 rings (SSSR count). The Balaban J connectivity index is 1.84. The number of carbonyl (C=O) groups excluding carboxylic acids is 1. The molecule has 0 radical (unpaired) electrons. The van der Waals surface area contributed by atoms with Gasteiger partial charge in [0.15, 0.2) is 0 Å². The molecule has 2 aliphatic rings. The summed E-state index contributed by atoms with van der Waals surface area (Å²) in [5.74, 6) is 2.75. The second-order valence-electron chi connectivity index (χ2n) is 5.25. The molecule has 2 N–H and O–H groups in total. The molecule has 0 aliphatic carbocycles. The van der Waals surface area contributed by atoms with Crippen LogP contribution < -0.4 is 5.73 Å². The van der Waals surface area contributed by atoms with Crippen molar-refractivity contribution in [3.05, 3.63) is 0 Å². The number of carbonyl (C=O) groups is 1. The fourth-order valence-corrected chi connectivity index (χ4v) is 4.41. The molecule has 0 saturated carbocycles. The predicted molar refractivity (Wildman–Crippen MR) is 84.4 cm³/mol. The largest absolute Gasteiger partial charge is 0.392 e. The van der Waals surface area contributed by atoms with Gasteiger partial charge in [-0.1, -0.05) is 19.1 Å². The van der Waals surface area contributed by atoms with Crippen LogP contribution in [0, 0.1) is 5.92 Å². The van der Waals surface area contributed by atoms with Crippen LogP contribution >= 0.6 is 24.0 Å². The number of thioether (sulfide) groups is 1. The molecule has 2 heterocycles. The van der Waals surface area contributed by atoms with Crippen molar-refractivity contribution in [3.8, 4) is 0 Å². The molecule has 0 bridgehead atoms. The second kappa shape index (κ2) is 6.90. The fourth-order valence-electron chi connectivity index (χ4n) is 2.88. The summed E-state index contributed by atoms with van der Waals surface area (Å²) in [6, 6.07) is 0.189. The summed E-state index contributed by atoms with van der Waals surface area (Å²) in [4.78, 5) is 17.2. The highest BCUT2D eigenvalue weighted by molar-refractivity contribution is 7.99. The van der Waals surface area contributed by atoms with Crippen LogP contribution in [0.4, 0.5) is 0 Å². The lowest BCUT2D eigenvalue weighted by atomic mass is 10.1. The Hall–Kier alpha value is -0.330. The number of piperazine rings is 1. The molecule has 4 nitrogen and oxygen atoms in total. The zero-order valence-electron chi connectivity index (χ0n) is 11.5. The lowest BCUT2D eigenvalue weighted by Crippen LogP contribution is -2.55. The first-order valence-electron chi connectivity index (χ1n) is 7.03. The molecule has 0 aromatic heterocycles. The molecule has 19 heavy (non-hydrogen) atoms. The summed E-state index contributed by atoms with van der Waals surface area (Å²) in [6.45, 7) is 5.53. The molecular weight excluding hydrogens is 278 g/mol. The zero-order valence-corrected chi connectivity index (χ0v) is 13.1. The van der Waals surface area contributed by atoms with E-state index in [2.05, 4.69) is 11.8 Å². The minimum atomic E-state index is 0.189. The summed E-state index contributed by atoms with van der Waals surface area (Å²) in [6.07, 6.45) is 2.00. The van der Waals surface area contributed by atoms with Crippen molar-refractivity contribution < 1.29 is 4.79 Å². The molecule has 0 spiro atoms. The molecule has 2 fully saturated rings. The van der Waals surface area contributed by atoms with Crippen molar-refractivity contribution in [1.82, 2.24) is 9.80 Å². The van der Waals surface area contributed by atoms with E-state index in [1.807, 2.05) is 16.7 Å². The van der Waals surface area contributed by atoms with Crippen molar-refractivity contribution in [1.29, 1.82) is 0 Å². The fraction of sp³-hybridized carbons (Fsp3) is 0.846. The summed E-state index contributed by atoms with van der Waals surface area (Å²) >= 11 is 7.01. The van der Waals surface area contributed by atoms with Gasteiger partial charge in [-0.25, -0.2) is 0 Å². The first-order chi connectivity index (χ1) is 9.13. The Kier molecular flexibility index (Phi) is 5.47. The summed E-state index contributed by atoms with van der Waals surface area (Å²) in [5.41, 5.74) is 5.78. The Bertz CT molecular complexity index is 337. The number of amides is 1. The van der Waals surface area contributed by atoms with Crippen molar-refractivity contribution in [2.45, 2.75) is 25.8 Å². The van der Waals surface area contributed by atoms with E-state index in [1.54, 1.807) is 0 Å². The van der Waals surface area contributed by atoms with Crippen molar-refractivity contribution in [2.75, 3.05) is 37.7 Å². The molecule has 0 aromatic rings. The van der Waals surface area contributed by atoms with Crippen LogP contribution in [-0.4, -0.2) is 64.4 Å². The second-order valence-corrected chi connectivity index (χ2v) is 6.87. The van der Waals surface area contributed by atoms with Gasteiger partial charge in [0.05, 0.1) is 11.0 Å². The topological polar surface area (TPSA) is 49.6 Å². The average Bonchev–Trinajstić information content (AvgIpc) is 2.93. The van der Waals surface area contributed by atoms with Gasteiger partial charge < -0.3 is 10.6 Å². The van der Waals surface area contributed by atoms with Gasteiger partial charge in [-0.15, -0.1) is 0 Å². The number of hydrogen-bond donors (Lipinski definition) is 1. The zero-order chi connectivity index (χ0) is 13.8. The van der Waals surface area contributed by atoms with E-state index in [1.165, 1.54) is 0 Å². The monoisotopic (exact) mass is 301 g/mol. The molecule has 2 unspecified atom stereocenters. The minimum Gasteiger partial charge on any atom is -0.392 e. The smallest absolute Gasteiger partial charge is 0.226 e. The van der Waals surface area contributed by atoms with Gasteiger partial charge in [0.1, 0.15) is 0 Å². The Morgan fingerprint density at radius 2 is 2.11 bits per heavy atom. The first-order valence-corrected chi connectivity index (χ1v) is 8.59. The van der Waals surface area contributed by atoms with Gasteiger partial charge in [-0.2, -0.15) is 11.8 Å². The Labute approximate surface area is 125 Å². The highest BCUT2D eigenvalue weighted by Gasteiger charge is 2.31. The lowest BCUT2D eigenvalue weighted by Gasteiger charge is -2.39. The van der Waals surface area contributed by atoms with Gasteiger partial charge in [-0.3, -0.25) is 9.69 Å². The van der Waals surface area contributed by atoms with E-state index >= 15 is 0 Å². The van der Waals surface area contributed by atoms with Crippen LogP contribution in [0.25, 0.3) is 0 Å². The number of hydrogen-bond acceptors (Lipinski definition) is 4. The van der Waals surface area contributed by atoms with Gasteiger partial charge in [0.2, 0.25) is 5.91 Å². The number of thiocarbonyl (C=S) groups is 1. The molecule has 2 aliphatic heterocycles. The van der Waals surface area contributed by atoms with Crippen LogP contribution in [-0.2, 0) is 4.79 Å². The van der Waals surface area contributed by atoms with Crippen LogP contribution in [0.15, 0.2) is 0 Å². The van der Waals surface area contributed by atoms with E-state index in [0.29, 0.717) is 10.9 Å². The molecule has 6 heteroatoms. The number of nitrogens with zero attached hydrogens (tertiary/aromatic N) is 2. The molecule has 2 saturated heterocycles. The normalized spacial score (nSPS) is 26.4. The van der Waals surface area contributed by atoms with Crippen molar-refractivity contribution >= 4 is 34.9 Å². The van der Waals surface area contributed by atoms with E-state index in [-0.39, 0.29) is 12.0 Å². The Morgan fingerprint density at radius 1 is 1.42 bits per heavy atom. The summed E-state index contributed by atoms with van der Waals surface area (Å²) < 4.78 is 0. The third-order valence-electron chi connectivity index (χ3n) is 4.06. The van der Waals surface area contributed by atoms with Crippen LogP contribution in [0.2, 0.25) is 0 Å². The molecule has 108 valence electrons. The van der Waals surface area contributed by atoms with Gasteiger partial charge in [0, 0.05) is 37.8 Å². The summed E-state index contributed by atoms with van der Waals surface area (Å²) in [7, 11) is 0.